The van der Waals surface area contributed by atoms with E-state index >= 15 is 0 Å². The van der Waals surface area contributed by atoms with E-state index in [1.807, 2.05) is 6.92 Å². The minimum absolute atomic E-state index is 0.0394. The standard InChI is InChI=1S/C11H16O3/c1-2-14-10(12)9-7-3-11(4-8(7)9)5-13-6-11/h7-9H,2-6H2,1H3/t7-,8-/m0/s1. The molecule has 78 valence electrons. The van der Waals surface area contributed by atoms with E-state index in [0.717, 1.165) is 13.2 Å². The van der Waals surface area contributed by atoms with Crippen molar-refractivity contribution in [2.75, 3.05) is 19.8 Å². The molecule has 3 nitrogen and oxygen atoms in total. The number of fused-ring (bicyclic) bond motifs is 1. The van der Waals surface area contributed by atoms with Crippen LogP contribution in [0.1, 0.15) is 19.8 Å². The lowest BCUT2D eigenvalue weighted by Gasteiger charge is -2.39. The highest BCUT2D eigenvalue weighted by atomic mass is 16.5. The highest BCUT2D eigenvalue weighted by Crippen LogP contribution is 2.66. The van der Waals surface area contributed by atoms with Crippen LogP contribution in [0.15, 0.2) is 0 Å². The molecular formula is C11H16O3. The Kier molecular flexibility index (Phi) is 1.69. The van der Waals surface area contributed by atoms with E-state index in [1.165, 1.54) is 12.8 Å². The molecule has 0 unspecified atom stereocenters. The largest absolute Gasteiger partial charge is 0.466 e. The lowest BCUT2D eigenvalue weighted by molar-refractivity contribution is -0.148. The SMILES string of the molecule is CCOC(=O)C1[C@H]2CC3(COC3)C[C@H]12. The third-order valence-corrected chi connectivity index (χ3v) is 4.04. The molecule has 3 aliphatic rings. The summed E-state index contributed by atoms with van der Waals surface area (Å²) in [6.07, 6.45) is 2.39. The molecule has 2 atom stereocenters. The molecule has 0 aromatic heterocycles. The number of rotatable bonds is 2. The summed E-state index contributed by atoms with van der Waals surface area (Å²) in [6, 6.07) is 0. The van der Waals surface area contributed by atoms with Crippen molar-refractivity contribution < 1.29 is 14.3 Å². The summed E-state index contributed by atoms with van der Waals surface area (Å²) >= 11 is 0. The van der Waals surface area contributed by atoms with Crippen LogP contribution in [0.3, 0.4) is 0 Å². The van der Waals surface area contributed by atoms with Crippen LogP contribution in [0.5, 0.6) is 0 Å². The molecule has 0 bridgehead atoms. The van der Waals surface area contributed by atoms with E-state index in [2.05, 4.69) is 0 Å². The normalized spacial score (nSPS) is 41.6. The Morgan fingerprint density at radius 2 is 2.07 bits per heavy atom. The lowest BCUT2D eigenvalue weighted by Crippen LogP contribution is -2.41. The minimum atomic E-state index is 0.0394. The molecular weight excluding hydrogens is 180 g/mol. The summed E-state index contributed by atoms with van der Waals surface area (Å²) < 4.78 is 10.3. The highest BCUT2D eigenvalue weighted by molar-refractivity contribution is 5.77. The Labute approximate surface area is 83.8 Å². The molecule has 2 aliphatic carbocycles. The van der Waals surface area contributed by atoms with Gasteiger partial charge >= 0.3 is 5.97 Å². The van der Waals surface area contributed by atoms with Crippen LogP contribution >= 0.6 is 0 Å². The number of ether oxygens (including phenoxy) is 2. The quantitative estimate of drug-likeness (QED) is 0.623. The zero-order valence-electron chi connectivity index (χ0n) is 8.49. The Hall–Kier alpha value is -0.570. The molecule has 1 saturated heterocycles. The molecule has 3 fully saturated rings. The summed E-state index contributed by atoms with van der Waals surface area (Å²) in [5.74, 6) is 1.52. The van der Waals surface area contributed by atoms with Crippen LogP contribution in [0.25, 0.3) is 0 Å². The highest BCUT2D eigenvalue weighted by Gasteiger charge is 2.66. The zero-order chi connectivity index (χ0) is 9.76. The van der Waals surface area contributed by atoms with Gasteiger partial charge in [-0.3, -0.25) is 4.79 Å². The summed E-state index contributed by atoms with van der Waals surface area (Å²) in [7, 11) is 0. The van der Waals surface area contributed by atoms with Gasteiger partial charge in [-0.1, -0.05) is 0 Å². The van der Waals surface area contributed by atoms with Gasteiger partial charge in [-0.25, -0.2) is 0 Å². The number of carbonyl (C=O) groups excluding carboxylic acids is 1. The van der Waals surface area contributed by atoms with Crippen molar-refractivity contribution in [1.82, 2.24) is 0 Å². The maximum Gasteiger partial charge on any atom is 0.309 e. The summed E-state index contributed by atoms with van der Waals surface area (Å²) in [6.45, 7) is 4.24. The molecule has 0 radical (unpaired) electrons. The molecule has 1 spiro atoms. The topological polar surface area (TPSA) is 35.5 Å². The first-order valence-electron chi connectivity index (χ1n) is 5.50. The van der Waals surface area contributed by atoms with E-state index in [-0.39, 0.29) is 11.9 Å². The maximum absolute atomic E-state index is 11.5. The molecule has 0 amide bonds. The number of carbonyl (C=O) groups is 1. The van der Waals surface area contributed by atoms with Gasteiger partial charge in [-0.05, 0) is 31.6 Å². The molecule has 2 saturated carbocycles. The molecule has 14 heavy (non-hydrogen) atoms. The van der Waals surface area contributed by atoms with Crippen molar-refractivity contribution >= 4 is 5.97 Å². The van der Waals surface area contributed by atoms with Crippen molar-refractivity contribution in [3.8, 4) is 0 Å². The van der Waals surface area contributed by atoms with Crippen LogP contribution in [-0.2, 0) is 14.3 Å². The van der Waals surface area contributed by atoms with E-state index in [9.17, 15) is 4.79 Å². The second kappa shape index (κ2) is 2.72. The average Bonchev–Trinajstić information content (AvgIpc) is 2.60. The van der Waals surface area contributed by atoms with Gasteiger partial charge in [0.1, 0.15) is 0 Å². The first-order chi connectivity index (χ1) is 6.76. The Bertz CT molecular complexity index is 256. The third kappa shape index (κ3) is 1.05. The van der Waals surface area contributed by atoms with Crippen molar-refractivity contribution in [1.29, 1.82) is 0 Å². The molecule has 1 heterocycles. The second-order valence-corrected chi connectivity index (χ2v) is 5.01. The van der Waals surface area contributed by atoms with Crippen LogP contribution in [-0.4, -0.2) is 25.8 Å². The zero-order valence-corrected chi connectivity index (χ0v) is 8.49. The fraction of sp³-hybridized carbons (Fsp3) is 0.909. The molecule has 0 aromatic carbocycles. The fourth-order valence-corrected chi connectivity index (χ4v) is 3.30. The van der Waals surface area contributed by atoms with Gasteiger partial charge in [0.25, 0.3) is 0 Å². The van der Waals surface area contributed by atoms with Gasteiger partial charge in [-0.2, -0.15) is 0 Å². The van der Waals surface area contributed by atoms with E-state index < -0.39 is 0 Å². The van der Waals surface area contributed by atoms with Crippen molar-refractivity contribution in [3.05, 3.63) is 0 Å². The smallest absolute Gasteiger partial charge is 0.309 e. The summed E-state index contributed by atoms with van der Waals surface area (Å²) in [5.41, 5.74) is 0.471. The van der Waals surface area contributed by atoms with Gasteiger partial charge in [-0.15, -0.1) is 0 Å². The van der Waals surface area contributed by atoms with E-state index in [0.29, 0.717) is 23.9 Å². The lowest BCUT2D eigenvalue weighted by atomic mass is 9.80. The Balaban J connectivity index is 1.58. The van der Waals surface area contributed by atoms with Gasteiger partial charge in [0, 0.05) is 5.41 Å². The van der Waals surface area contributed by atoms with Gasteiger partial charge < -0.3 is 9.47 Å². The maximum atomic E-state index is 11.5. The van der Waals surface area contributed by atoms with E-state index in [1.54, 1.807) is 0 Å². The van der Waals surface area contributed by atoms with Crippen LogP contribution < -0.4 is 0 Å². The van der Waals surface area contributed by atoms with Crippen LogP contribution in [0, 0.1) is 23.2 Å². The third-order valence-electron chi connectivity index (χ3n) is 4.04. The average molecular weight is 196 g/mol. The number of hydrogen-bond donors (Lipinski definition) is 0. The van der Waals surface area contributed by atoms with Crippen molar-refractivity contribution in [3.63, 3.8) is 0 Å². The van der Waals surface area contributed by atoms with E-state index in [4.69, 9.17) is 9.47 Å². The predicted octanol–water partition coefficient (Wildman–Crippen LogP) is 1.22. The van der Waals surface area contributed by atoms with Crippen LogP contribution in [0.4, 0.5) is 0 Å². The fourth-order valence-electron chi connectivity index (χ4n) is 3.30. The Morgan fingerprint density at radius 1 is 1.43 bits per heavy atom. The molecule has 1 aliphatic heterocycles. The van der Waals surface area contributed by atoms with Crippen LogP contribution in [0.2, 0.25) is 0 Å². The molecule has 0 N–H and O–H groups in total. The van der Waals surface area contributed by atoms with Gasteiger partial charge in [0.15, 0.2) is 0 Å². The van der Waals surface area contributed by atoms with Gasteiger partial charge in [0.05, 0.1) is 25.7 Å². The number of esters is 1. The number of hydrogen-bond acceptors (Lipinski definition) is 3. The summed E-state index contributed by atoms with van der Waals surface area (Å²) in [4.78, 5) is 11.5. The minimum Gasteiger partial charge on any atom is -0.466 e. The monoisotopic (exact) mass is 196 g/mol. The predicted molar refractivity (Wildman–Crippen MR) is 49.6 cm³/mol. The first kappa shape index (κ1) is 8.72. The second-order valence-electron chi connectivity index (χ2n) is 5.01. The molecule has 3 heteroatoms. The first-order valence-corrected chi connectivity index (χ1v) is 5.50. The summed E-state index contributed by atoms with van der Waals surface area (Å²) in [5, 5.41) is 0. The molecule has 3 rings (SSSR count). The van der Waals surface area contributed by atoms with Gasteiger partial charge in [0.2, 0.25) is 0 Å². The Morgan fingerprint density at radius 3 is 2.50 bits per heavy atom. The van der Waals surface area contributed by atoms with Crippen molar-refractivity contribution in [2.24, 2.45) is 23.2 Å². The van der Waals surface area contributed by atoms with Crippen molar-refractivity contribution in [2.45, 2.75) is 19.8 Å². The molecule has 0 aromatic rings.